The van der Waals surface area contributed by atoms with E-state index < -0.39 is 0 Å². The van der Waals surface area contributed by atoms with Crippen LogP contribution in [0.25, 0.3) is 11.3 Å². The van der Waals surface area contributed by atoms with E-state index in [-0.39, 0.29) is 0 Å². The summed E-state index contributed by atoms with van der Waals surface area (Å²) in [5.74, 6) is 2.07. The number of rotatable bonds is 3. The normalized spacial score (nSPS) is 10.7. The number of nitrogens with zero attached hydrogens (tertiary/aromatic N) is 1. The second-order valence-corrected chi connectivity index (χ2v) is 5.88. The molecule has 0 saturated heterocycles. The number of halogens is 2. The molecule has 0 aromatic carbocycles. The van der Waals surface area contributed by atoms with Gasteiger partial charge in [-0.2, -0.15) is 0 Å². The van der Waals surface area contributed by atoms with Crippen LogP contribution in [-0.2, 0) is 6.42 Å². The van der Waals surface area contributed by atoms with Gasteiger partial charge in [0.1, 0.15) is 0 Å². The Morgan fingerprint density at radius 2 is 2.43 bits per heavy atom. The summed E-state index contributed by atoms with van der Waals surface area (Å²) in [5.41, 5.74) is 1.09. The average molecular weight is 340 g/mol. The standard InChI is InChI=1S/C9H7ClINOS/c10-2-1-9-12-4-7(13-9)6-3-8(11)14-5-6/h3-5H,1-2H2. The smallest absolute Gasteiger partial charge is 0.196 e. The van der Waals surface area contributed by atoms with Crippen molar-refractivity contribution in [3.63, 3.8) is 0 Å². The van der Waals surface area contributed by atoms with E-state index in [0.29, 0.717) is 18.2 Å². The first-order valence-electron chi connectivity index (χ1n) is 4.04. The molecule has 0 unspecified atom stereocenters. The molecule has 2 heterocycles. The van der Waals surface area contributed by atoms with Crippen molar-refractivity contribution in [1.82, 2.24) is 4.98 Å². The van der Waals surface area contributed by atoms with Crippen LogP contribution >= 0.6 is 45.5 Å². The Balaban J connectivity index is 2.24. The molecule has 0 fully saturated rings. The fraction of sp³-hybridized carbons (Fsp3) is 0.222. The van der Waals surface area contributed by atoms with E-state index in [1.165, 1.54) is 2.88 Å². The summed E-state index contributed by atoms with van der Waals surface area (Å²) in [5, 5.41) is 2.06. The van der Waals surface area contributed by atoms with Gasteiger partial charge in [-0.25, -0.2) is 4.98 Å². The Labute approximate surface area is 104 Å². The van der Waals surface area contributed by atoms with Gasteiger partial charge in [-0.1, -0.05) is 0 Å². The monoisotopic (exact) mass is 339 g/mol. The summed E-state index contributed by atoms with van der Waals surface area (Å²) in [6.45, 7) is 0. The minimum Gasteiger partial charge on any atom is -0.441 e. The number of thiophene rings is 1. The van der Waals surface area contributed by atoms with Crippen LogP contribution in [0, 0.1) is 2.88 Å². The molecule has 2 nitrogen and oxygen atoms in total. The highest BCUT2D eigenvalue weighted by Crippen LogP contribution is 2.27. The summed E-state index contributed by atoms with van der Waals surface area (Å²) >= 11 is 9.58. The van der Waals surface area contributed by atoms with Crippen LogP contribution < -0.4 is 0 Å². The van der Waals surface area contributed by atoms with Crippen molar-refractivity contribution in [3.8, 4) is 11.3 Å². The maximum absolute atomic E-state index is 5.60. The maximum Gasteiger partial charge on any atom is 0.196 e. The number of oxazole rings is 1. The van der Waals surface area contributed by atoms with Gasteiger partial charge in [0.25, 0.3) is 0 Å². The predicted octanol–water partition coefficient (Wildman–Crippen LogP) is 3.79. The van der Waals surface area contributed by atoms with Crippen molar-refractivity contribution in [2.45, 2.75) is 6.42 Å². The lowest BCUT2D eigenvalue weighted by Gasteiger charge is -1.89. The third-order valence-corrected chi connectivity index (χ3v) is 3.69. The second-order valence-electron chi connectivity index (χ2n) is 2.70. The Morgan fingerprint density at radius 1 is 1.57 bits per heavy atom. The van der Waals surface area contributed by atoms with Gasteiger partial charge in [0.2, 0.25) is 0 Å². The predicted molar refractivity (Wildman–Crippen MR) is 67.0 cm³/mol. The summed E-state index contributed by atoms with van der Waals surface area (Å²) in [7, 11) is 0. The van der Waals surface area contributed by atoms with Crippen molar-refractivity contribution in [2.24, 2.45) is 0 Å². The highest BCUT2D eigenvalue weighted by molar-refractivity contribution is 14.1. The number of alkyl halides is 1. The SMILES string of the molecule is ClCCc1ncc(-c2csc(I)c2)o1. The van der Waals surface area contributed by atoms with Gasteiger partial charge in [-0.15, -0.1) is 22.9 Å². The van der Waals surface area contributed by atoms with Crippen molar-refractivity contribution in [3.05, 3.63) is 26.4 Å². The van der Waals surface area contributed by atoms with E-state index in [0.717, 1.165) is 11.3 Å². The first-order chi connectivity index (χ1) is 6.79. The molecule has 0 aliphatic carbocycles. The molecule has 0 amide bonds. The fourth-order valence-corrected chi connectivity index (χ4v) is 2.58. The van der Waals surface area contributed by atoms with Gasteiger partial charge in [0.05, 0.1) is 9.08 Å². The van der Waals surface area contributed by atoms with Crippen molar-refractivity contribution in [2.75, 3.05) is 5.88 Å². The lowest BCUT2D eigenvalue weighted by atomic mass is 10.3. The second kappa shape index (κ2) is 4.63. The van der Waals surface area contributed by atoms with Crippen LogP contribution in [0.2, 0.25) is 0 Å². The molecule has 14 heavy (non-hydrogen) atoms. The van der Waals surface area contributed by atoms with Crippen molar-refractivity contribution < 1.29 is 4.42 Å². The number of hydrogen-bond donors (Lipinski definition) is 0. The van der Waals surface area contributed by atoms with E-state index >= 15 is 0 Å². The number of aromatic nitrogens is 1. The first-order valence-corrected chi connectivity index (χ1v) is 6.54. The van der Waals surface area contributed by atoms with Crippen LogP contribution in [0.15, 0.2) is 22.1 Å². The Bertz CT molecular complexity index is 426. The largest absolute Gasteiger partial charge is 0.441 e. The fourth-order valence-electron chi connectivity index (χ4n) is 1.08. The third kappa shape index (κ3) is 2.29. The Morgan fingerprint density at radius 3 is 3.07 bits per heavy atom. The molecule has 5 heteroatoms. The molecule has 0 spiro atoms. The van der Waals surface area contributed by atoms with Crippen molar-refractivity contribution >= 4 is 45.5 Å². The molecule has 0 bridgehead atoms. The molecule has 2 rings (SSSR count). The molecular formula is C9H7ClINOS. The Hall–Kier alpha value is -0.0700. The molecule has 0 N–H and O–H groups in total. The molecular weight excluding hydrogens is 333 g/mol. The highest BCUT2D eigenvalue weighted by atomic mass is 127. The van der Waals surface area contributed by atoms with Crippen LogP contribution in [0.4, 0.5) is 0 Å². The highest BCUT2D eigenvalue weighted by Gasteiger charge is 2.07. The van der Waals surface area contributed by atoms with Gasteiger partial charge >= 0.3 is 0 Å². The van der Waals surface area contributed by atoms with E-state index in [4.69, 9.17) is 16.0 Å². The van der Waals surface area contributed by atoms with Crippen LogP contribution in [0.5, 0.6) is 0 Å². The summed E-state index contributed by atoms with van der Waals surface area (Å²) in [6, 6.07) is 2.08. The molecule has 0 atom stereocenters. The molecule has 0 aliphatic rings. The minimum atomic E-state index is 0.543. The first kappa shape index (κ1) is 10.4. The zero-order valence-corrected chi connectivity index (χ0v) is 10.9. The molecule has 0 aliphatic heterocycles. The van der Waals surface area contributed by atoms with Gasteiger partial charge < -0.3 is 4.42 Å². The molecule has 2 aromatic rings. The van der Waals surface area contributed by atoms with Gasteiger partial charge in [0.15, 0.2) is 11.7 Å². The molecule has 74 valence electrons. The van der Waals surface area contributed by atoms with Crippen LogP contribution in [0.3, 0.4) is 0 Å². The lowest BCUT2D eigenvalue weighted by molar-refractivity contribution is 0.515. The van der Waals surface area contributed by atoms with Gasteiger partial charge in [-0.3, -0.25) is 0 Å². The van der Waals surface area contributed by atoms with Crippen molar-refractivity contribution in [1.29, 1.82) is 0 Å². The Kier molecular flexibility index (Phi) is 3.46. The molecule has 0 radical (unpaired) electrons. The van der Waals surface area contributed by atoms with E-state index in [2.05, 4.69) is 39.0 Å². The summed E-state index contributed by atoms with van der Waals surface area (Å²) in [4.78, 5) is 4.14. The van der Waals surface area contributed by atoms with E-state index in [9.17, 15) is 0 Å². The maximum atomic E-state index is 5.60. The lowest BCUT2D eigenvalue weighted by Crippen LogP contribution is -1.83. The third-order valence-electron chi connectivity index (χ3n) is 1.71. The number of hydrogen-bond acceptors (Lipinski definition) is 3. The quantitative estimate of drug-likeness (QED) is 0.628. The average Bonchev–Trinajstić information content (AvgIpc) is 2.74. The minimum absolute atomic E-state index is 0.543. The summed E-state index contributed by atoms with van der Waals surface area (Å²) in [6.07, 6.45) is 2.43. The number of aryl methyl sites for hydroxylation is 1. The molecule has 2 aromatic heterocycles. The summed E-state index contributed by atoms with van der Waals surface area (Å²) < 4.78 is 6.77. The zero-order chi connectivity index (χ0) is 9.97. The van der Waals surface area contributed by atoms with Gasteiger partial charge in [-0.05, 0) is 28.7 Å². The van der Waals surface area contributed by atoms with Gasteiger partial charge in [0, 0.05) is 23.2 Å². The van der Waals surface area contributed by atoms with Crippen LogP contribution in [0.1, 0.15) is 5.89 Å². The molecule has 0 saturated carbocycles. The topological polar surface area (TPSA) is 26.0 Å². The van der Waals surface area contributed by atoms with Crippen LogP contribution in [-0.4, -0.2) is 10.9 Å². The van der Waals surface area contributed by atoms with E-state index in [1.807, 2.05) is 0 Å². The van der Waals surface area contributed by atoms with E-state index in [1.54, 1.807) is 17.5 Å². The zero-order valence-electron chi connectivity index (χ0n) is 7.17.